The van der Waals surface area contributed by atoms with Gasteiger partial charge in [0.25, 0.3) is 5.91 Å². The molecule has 4 rings (SSSR count). The number of methoxy groups -OCH3 is 1. The topological polar surface area (TPSA) is 96.9 Å². The summed E-state index contributed by atoms with van der Waals surface area (Å²) in [7, 11) is -1.41. The Morgan fingerprint density at radius 1 is 1.27 bits per heavy atom. The number of halogens is 1. The van der Waals surface area contributed by atoms with E-state index in [4.69, 9.17) is 16.3 Å². The molecule has 1 saturated heterocycles. The molecule has 7 nitrogen and oxygen atoms in total. The largest absolute Gasteiger partial charge is 0.497 e. The maximum atomic E-state index is 12.6. The van der Waals surface area contributed by atoms with Gasteiger partial charge >= 0.3 is 0 Å². The quantitative estimate of drug-likeness (QED) is 0.704. The summed E-state index contributed by atoms with van der Waals surface area (Å²) in [6.45, 7) is 0.363. The van der Waals surface area contributed by atoms with Crippen LogP contribution in [0.3, 0.4) is 0 Å². The lowest BCUT2D eigenvalue weighted by Crippen LogP contribution is -2.23. The monoisotopic (exact) mass is 465 g/mol. The van der Waals surface area contributed by atoms with E-state index in [-0.39, 0.29) is 28.7 Å². The summed E-state index contributed by atoms with van der Waals surface area (Å²) < 4.78 is 28.6. The first kappa shape index (κ1) is 21.0. The Kier molecular flexibility index (Phi) is 5.95. The van der Waals surface area contributed by atoms with Crippen molar-refractivity contribution in [2.24, 2.45) is 4.99 Å². The third-order valence-corrected chi connectivity index (χ3v) is 8.35. The Balaban J connectivity index is 1.42. The maximum Gasteiger partial charge on any atom is 0.251 e. The average Bonchev–Trinajstić information content (AvgIpc) is 3.20. The second-order valence-corrected chi connectivity index (χ2v) is 10.9. The number of rotatable bonds is 5. The molecule has 0 radical (unpaired) electrons. The van der Waals surface area contributed by atoms with Gasteiger partial charge < -0.3 is 15.4 Å². The Labute approximate surface area is 184 Å². The molecular weight excluding hydrogens is 446 g/mol. The average molecular weight is 466 g/mol. The number of nitrogens with zero attached hydrogens (tertiary/aromatic N) is 1. The maximum absolute atomic E-state index is 12.6. The highest BCUT2D eigenvalue weighted by atomic mass is 35.5. The number of anilines is 1. The SMILES string of the molecule is COc1cccc(CNC(=O)c2ccc(Cl)c(NC3=N[C@@H]4CS(=O)(=O)C[C@@H]4S3)c2)c1. The van der Waals surface area contributed by atoms with Gasteiger partial charge in [0.1, 0.15) is 5.75 Å². The van der Waals surface area contributed by atoms with Gasteiger partial charge in [-0.2, -0.15) is 0 Å². The summed E-state index contributed by atoms with van der Waals surface area (Å²) in [5.74, 6) is 0.710. The van der Waals surface area contributed by atoms with Crippen molar-refractivity contribution in [3.8, 4) is 5.75 Å². The molecule has 0 unspecified atom stereocenters. The number of sulfone groups is 1. The summed E-state index contributed by atoms with van der Waals surface area (Å²) in [4.78, 5) is 17.1. The van der Waals surface area contributed by atoms with Crippen LogP contribution in [-0.2, 0) is 16.4 Å². The zero-order chi connectivity index (χ0) is 21.3. The minimum atomic E-state index is -3.00. The van der Waals surface area contributed by atoms with Gasteiger partial charge in [0.05, 0.1) is 35.4 Å². The number of carbonyl (C=O) groups is 1. The number of amidine groups is 1. The van der Waals surface area contributed by atoms with E-state index in [2.05, 4.69) is 15.6 Å². The minimum Gasteiger partial charge on any atom is -0.497 e. The van der Waals surface area contributed by atoms with Gasteiger partial charge in [0.2, 0.25) is 0 Å². The van der Waals surface area contributed by atoms with Gasteiger partial charge in [-0.25, -0.2) is 8.42 Å². The lowest BCUT2D eigenvalue weighted by Gasteiger charge is -2.11. The second kappa shape index (κ2) is 8.49. The van der Waals surface area contributed by atoms with Crippen molar-refractivity contribution in [3.63, 3.8) is 0 Å². The van der Waals surface area contributed by atoms with Crippen molar-refractivity contribution >= 4 is 50.0 Å². The summed E-state index contributed by atoms with van der Waals surface area (Å²) in [6.07, 6.45) is 0. The third kappa shape index (κ3) is 4.74. The van der Waals surface area contributed by atoms with E-state index >= 15 is 0 Å². The number of hydrogen-bond donors (Lipinski definition) is 2. The lowest BCUT2D eigenvalue weighted by molar-refractivity contribution is 0.0951. The molecule has 158 valence electrons. The van der Waals surface area contributed by atoms with Crippen molar-refractivity contribution in [2.45, 2.75) is 17.8 Å². The first-order chi connectivity index (χ1) is 14.3. The standard InChI is InChI=1S/C20H20ClN3O4S2/c1-28-14-4-2-3-12(7-14)9-22-19(25)13-5-6-15(21)16(8-13)23-20-24-17-10-30(26,27)11-18(17)29-20/h2-8,17-18H,9-11H2,1H3,(H,22,25)(H,23,24)/t17-,18+/m1/s1. The normalized spacial score (nSPS) is 21.6. The number of hydrogen-bond acceptors (Lipinski definition) is 7. The van der Waals surface area contributed by atoms with Crippen LogP contribution in [-0.4, -0.2) is 49.4 Å². The fraction of sp³-hybridized carbons (Fsp3) is 0.300. The third-order valence-electron chi connectivity index (χ3n) is 4.88. The number of amides is 1. The highest BCUT2D eigenvalue weighted by Gasteiger charge is 2.42. The molecule has 10 heteroatoms. The zero-order valence-corrected chi connectivity index (χ0v) is 18.5. The Hall–Kier alpha value is -2.23. The molecule has 0 aromatic heterocycles. The Morgan fingerprint density at radius 2 is 2.10 bits per heavy atom. The summed E-state index contributed by atoms with van der Waals surface area (Å²) in [6, 6.07) is 12.2. The molecule has 2 N–H and O–H groups in total. The fourth-order valence-electron chi connectivity index (χ4n) is 3.36. The molecule has 0 saturated carbocycles. The molecule has 2 atom stereocenters. The first-order valence-electron chi connectivity index (χ1n) is 9.25. The van der Waals surface area contributed by atoms with E-state index in [0.717, 1.165) is 11.3 Å². The van der Waals surface area contributed by atoms with E-state index in [1.165, 1.54) is 11.8 Å². The number of benzene rings is 2. The second-order valence-electron chi connectivity index (χ2n) is 7.09. The molecule has 2 heterocycles. The molecule has 1 amide bonds. The number of fused-ring (bicyclic) bond motifs is 1. The molecule has 2 aromatic carbocycles. The summed E-state index contributed by atoms with van der Waals surface area (Å²) in [5.41, 5.74) is 1.93. The van der Waals surface area contributed by atoms with Crippen LogP contribution in [0.25, 0.3) is 0 Å². The highest BCUT2D eigenvalue weighted by Crippen LogP contribution is 2.35. The fourth-order valence-corrected chi connectivity index (χ4v) is 7.19. The molecule has 2 aliphatic heterocycles. The van der Waals surface area contributed by atoms with Gasteiger partial charge in [-0.05, 0) is 35.9 Å². The van der Waals surface area contributed by atoms with Crippen molar-refractivity contribution in [1.82, 2.24) is 5.32 Å². The summed E-state index contributed by atoms with van der Waals surface area (Å²) >= 11 is 7.68. The zero-order valence-electron chi connectivity index (χ0n) is 16.1. The Bertz CT molecular complexity index is 1120. The molecule has 1 fully saturated rings. The van der Waals surface area contributed by atoms with E-state index in [1.54, 1.807) is 25.3 Å². The first-order valence-corrected chi connectivity index (χ1v) is 12.3. The van der Waals surface area contributed by atoms with Crippen LogP contribution in [0.5, 0.6) is 5.75 Å². The van der Waals surface area contributed by atoms with Crippen molar-refractivity contribution in [1.29, 1.82) is 0 Å². The van der Waals surface area contributed by atoms with Crippen molar-refractivity contribution in [2.75, 3.05) is 23.9 Å². The van der Waals surface area contributed by atoms with Gasteiger partial charge in [0, 0.05) is 17.4 Å². The van der Waals surface area contributed by atoms with Crippen LogP contribution in [0.15, 0.2) is 47.5 Å². The molecule has 0 aliphatic carbocycles. The number of nitrogens with one attached hydrogen (secondary N) is 2. The van der Waals surface area contributed by atoms with Crippen molar-refractivity contribution < 1.29 is 17.9 Å². The van der Waals surface area contributed by atoms with E-state index in [1.807, 2.05) is 24.3 Å². The molecule has 2 aromatic rings. The van der Waals surface area contributed by atoms with Crippen LogP contribution in [0.1, 0.15) is 15.9 Å². The number of ether oxygens (including phenoxy) is 1. The molecular formula is C20H20ClN3O4S2. The highest BCUT2D eigenvalue weighted by molar-refractivity contribution is 8.15. The predicted octanol–water partition coefficient (Wildman–Crippen LogP) is 2.96. The molecule has 0 bridgehead atoms. The van der Waals surface area contributed by atoms with Crippen LogP contribution in [0.4, 0.5) is 5.69 Å². The van der Waals surface area contributed by atoms with Gasteiger partial charge in [0.15, 0.2) is 15.0 Å². The van der Waals surface area contributed by atoms with Gasteiger partial charge in [-0.3, -0.25) is 9.79 Å². The van der Waals surface area contributed by atoms with E-state index in [0.29, 0.717) is 28.0 Å². The van der Waals surface area contributed by atoms with Crippen LogP contribution in [0, 0.1) is 0 Å². The van der Waals surface area contributed by atoms with Crippen molar-refractivity contribution in [3.05, 3.63) is 58.6 Å². The van der Waals surface area contributed by atoms with E-state index in [9.17, 15) is 13.2 Å². The molecule has 2 aliphatic rings. The minimum absolute atomic E-state index is 0.0642. The van der Waals surface area contributed by atoms with Crippen LogP contribution < -0.4 is 15.4 Å². The number of carbonyl (C=O) groups excluding carboxylic acids is 1. The van der Waals surface area contributed by atoms with Crippen LogP contribution >= 0.6 is 23.4 Å². The number of aliphatic imine (C=N–C) groups is 1. The summed E-state index contributed by atoms with van der Waals surface area (Å²) in [5, 5.41) is 7.03. The Morgan fingerprint density at radius 3 is 2.87 bits per heavy atom. The predicted molar refractivity (Wildman–Crippen MR) is 120 cm³/mol. The van der Waals surface area contributed by atoms with Gasteiger partial charge in [-0.15, -0.1) is 0 Å². The van der Waals surface area contributed by atoms with E-state index < -0.39 is 9.84 Å². The van der Waals surface area contributed by atoms with Crippen LogP contribution in [0.2, 0.25) is 5.02 Å². The molecule has 0 spiro atoms. The number of thioether (sulfide) groups is 1. The molecule has 30 heavy (non-hydrogen) atoms. The lowest BCUT2D eigenvalue weighted by atomic mass is 10.1. The smallest absolute Gasteiger partial charge is 0.251 e. The van der Waals surface area contributed by atoms with Gasteiger partial charge in [-0.1, -0.05) is 35.5 Å².